The minimum atomic E-state index is 0.0804. The Morgan fingerprint density at radius 3 is 2.79 bits per heavy atom. The molecular formula is C19H27N7O2. The van der Waals surface area contributed by atoms with Crippen molar-refractivity contribution in [3.8, 4) is 0 Å². The monoisotopic (exact) mass is 385 g/mol. The van der Waals surface area contributed by atoms with Crippen LogP contribution >= 0.6 is 0 Å². The molecule has 0 bridgehead atoms. The molecule has 4 heterocycles. The van der Waals surface area contributed by atoms with E-state index in [1.807, 2.05) is 22.9 Å². The number of aromatic amines is 2. The molecule has 1 spiro atoms. The highest BCUT2D eigenvalue weighted by atomic mass is 16.2. The smallest absolute Gasteiger partial charge is 0.230 e. The van der Waals surface area contributed by atoms with E-state index in [0.29, 0.717) is 12.2 Å². The van der Waals surface area contributed by atoms with Crippen molar-refractivity contribution in [2.45, 2.75) is 45.4 Å². The number of H-pyrrole nitrogens is 2. The predicted octanol–water partition coefficient (Wildman–Crippen LogP) is 0.853. The summed E-state index contributed by atoms with van der Waals surface area (Å²) in [5, 5.41) is 6.84. The number of piperidine rings is 2. The Balaban J connectivity index is 1.31. The van der Waals surface area contributed by atoms with Crippen molar-refractivity contribution in [2.75, 3.05) is 26.2 Å². The molecule has 2 aromatic rings. The maximum absolute atomic E-state index is 12.6. The van der Waals surface area contributed by atoms with Gasteiger partial charge in [0, 0.05) is 50.9 Å². The van der Waals surface area contributed by atoms with E-state index in [2.05, 4.69) is 25.1 Å². The molecule has 2 aliphatic heterocycles. The third kappa shape index (κ3) is 4.07. The number of hydrogen-bond acceptors (Lipinski definition) is 5. The molecule has 0 radical (unpaired) electrons. The van der Waals surface area contributed by atoms with Crippen LogP contribution in [0.25, 0.3) is 0 Å². The van der Waals surface area contributed by atoms with Crippen molar-refractivity contribution in [1.29, 1.82) is 0 Å². The van der Waals surface area contributed by atoms with Crippen LogP contribution in [-0.4, -0.2) is 72.9 Å². The van der Waals surface area contributed by atoms with Crippen LogP contribution in [0.2, 0.25) is 0 Å². The van der Waals surface area contributed by atoms with Crippen molar-refractivity contribution < 1.29 is 9.59 Å². The molecule has 0 atom stereocenters. The molecule has 2 fully saturated rings. The summed E-state index contributed by atoms with van der Waals surface area (Å²) < 4.78 is 0. The number of carbonyl (C=O) groups excluding carboxylic acids is 2. The van der Waals surface area contributed by atoms with Gasteiger partial charge >= 0.3 is 0 Å². The number of nitrogens with one attached hydrogen (secondary N) is 2. The van der Waals surface area contributed by atoms with Gasteiger partial charge in [-0.25, -0.2) is 9.97 Å². The average molecular weight is 385 g/mol. The van der Waals surface area contributed by atoms with Crippen molar-refractivity contribution >= 4 is 11.8 Å². The zero-order chi connectivity index (χ0) is 19.6. The second-order valence-electron chi connectivity index (χ2n) is 8.04. The maximum atomic E-state index is 12.6. The predicted molar refractivity (Wildman–Crippen MR) is 101 cm³/mol. The fourth-order valence-corrected chi connectivity index (χ4v) is 4.34. The van der Waals surface area contributed by atoms with Gasteiger partial charge in [-0.15, -0.1) is 0 Å². The molecule has 0 aliphatic carbocycles. The van der Waals surface area contributed by atoms with Crippen molar-refractivity contribution in [3.63, 3.8) is 0 Å². The minimum Gasteiger partial charge on any atom is -0.348 e. The van der Waals surface area contributed by atoms with E-state index >= 15 is 0 Å². The Bertz CT molecular complexity index is 821. The summed E-state index contributed by atoms with van der Waals surface area (Å²) in [7, 11) is 0. The van der Waals surface area contributed by atoms with Gasteiger partial charge in [-0.2, -0.15) is 5.10 Å². The molecule has 28 heavy (non-hydrogen) atoms. The first kappa shape index (κ1) is 18.6. The van der Waals surface area contributed by atoms with Gasteiger partial charge in [0.1, 0.15) is 5.82 Å². The Morgan fingerprint density at radius 2 is 2.11 bits per heavy atom. The average Bonchev–Trinajstić information content (AvgIpc) is 3.35. The molecule has 9 heteroatoms. The molecule has 2 amide bonds. The molecule has 2 aromatic heterocycles. The Morgan fingerprint density at radius 1 is 1.29 bits per heavy atom. The maximum Gasteiger partial charge on any atom is 0.230 e. The van der Waals surface area contributed by atoms with E-state index in [1.165, 1.54) is 0 Å². The van der Waals surface area contributed by atoms with Crippen LogP contribution in [0.5, 0.6) is 0 Å². The van der Waals surface area contributed by atoms with Gasteiger partial charge in [-0.3, -0.25) is 14.7 Å². The number of imidazole rings is 1. The van der Waals surface area contributed by atoms with Crippen LogP contribution in [0.3, 0.4) is 0 Å². The van der Waals surface area contributed by atoms with Gasteiger partial charge < -0.3 is 14.8 Å². The lowest BCUT2D eigenvalue weighted by Crippen LogP contribution is -2.52. The number of aryl methyl sites for hydroxylation is 1. The summed E-state index contributed by atoms with van der Waals surface area (Å²) >= 11 is 0. The molecule has 9 nitrogen and oxygen atoms in total. The summed E-state index contributed by atoms with van der Waals surface area (Å²) in [6, 6.07) is 0. The van der Waals surface area contributed by atoms with Gasteiger partial charge in [0.15, 0.2) is 5.82 Å². The van der Waals surface area contributed by atoms with Gasteiger partial charge in [0.25, 0.3) is 0 Å². The lowest BCUT2D eigenvalue weighted by Gasteiger charge is -2.47. The molecular weight excluding hydrogens is 358 g/mol. The third-order valence-electron chi connectivity index (χ3n) is 6.08. The third-order valence-corrected chi connectivity index (χ3v) is 6.08. The van der Waals surface area contributed by atoms with Gasteiger partial charge in [0.2, 0.25) is 11.8 Å². The zero-order valence-electron chi connectivity index (χ0n) is 16.3. The van der Waals surface area contributed by atoms with E-state index in [-0.39, 0.29) is 23.7 Å². The number of likely N-dealkylation sites (tertiary alicyclic amines) is 2. The number of carbonyl (C=O) groups is 2. The number of nitrogens with zero attached hydrogens (tertiary/aromatic N) is 5. The second kappa shape index (κ2) is 7.73. The minimum absolute atomic E-state index is 0.0804. The first-order valence-corrected chi connectivity index (χ1v) is 9.94. The lowest BCUT2D eigenvalue weighted by atomic mass is 9.72. The van der Waals surface area contributed by atoms with Crippen LogP contribution in [-0.2, 0) is 22.4 Å². The Hall–Kier alpha value is -2.71. The Labute approximate surface area is 163 Å². The van der Waals surface area contributed by atoms with Gasteiger partial charge in [-0.05, 0) is 31.6 Å². The molecule has 4 rings (SSSR count). The summed E-state index contributed by atoms with van der Waals surface area (Å²) in [5.74, 6) is 1.60. The van der Waals surface area contributed by atoms with Crippen LogP contribution in [0, 0.1) is 12.3 Å². The normalized spacial score (nSPS) is 19.4. The molecule has 0 aromatic carbocycles. The van der Waals surface area contributed by atoms with Crippen LogP contribution in [0.4, 0.5) is 0 Å². The van der Waals surface area contributed by atoms with E-state index < -0.39 is 0 Å². The number of aromatic nitrogens is 5. The Kier molecular flexibility index (Phi) is 5.15. The summed E-state index contributed by atoms with van der Waals surface area (Å²) in [5.41, 5.74) is 1.19. The highest BCUT2D eigenvalue weighted by Crippen LogP contribution is 2.40. The van der Waals surface area contributed by atoms with E-state index in [1.54, 1.807) is 6.33 Å². The lowest BCUT2D eigenvalue weighted by molar-refractivity contribution is -0.142. The standard InChI is InChI=1S/C19H27N7O2/c1-14-22-16(24-23-14)10-18(28)25-8-5-19(6-9-25)4-2-17(27)26(12-19)7-3-15-11-20-13-21-15/h11,13H,2-10,12H2,1H3,(H,20,21)(H,22,23,24). The molecule has 2 saturated heterocycles. The molecule has 2 aliphatic rings. The van der Waals surface area contributed by atoms with Crippen molar-refractivity contribution in [3.05, 3.63) is 29.9 Å². The fourth-order valence-electron chi connectivity index (χ4n) is 4.34. The van der Waals surface area contributed by atoms with Crippen LogP contribution in [0.1, 0.15) is 43.0 Å². The van der Waals surface area contributed by atoms with Crippen LogP contribution < -0.4 is 0 Å². The largest absolute Gasteiger partial charge is 0.348 e. The number of rotatable bonds is 5. The number of amides is 2. The first-order chi connectivity index (χ1) is 13.5. The highest BCUT2D eigenvalue weighted by Gasteiger charge is 2.41. The topological polar surface area (TPSA) is 111 Å². The van der Waals surface area contributed by atoms with Crippen molar-refractivity contribution in [1.82, 2.24) is 34.9 Å². The van der Waals surface area contributed by atoms with E-state index in [0.717, 1.165) is 63.4 Å². The SMILES string of the molecule is Cc1nc(CC(=O)N2CCC3(CCC(=O)N(CCc4cnc[nH]4)C3)CC2)n[nH]1. The van der Waals surface area contributed by atoms with E-state index in [4.69, 9.17) is 0 Å². The molecule has 0 unspecified atom stereocenters. The zero-order valence-corrected chi connectivity index (χ0v) is 16.3. The summed E-state index contributed by atoms with van der Waals surface area (Å²) in [4.78, 5) is 40.2. The van der Waals surface area contributed by atoms with Gasteiger partial charge in [0.05, 0.1) is 12.7 Å². The second-order valence-corrected chi connectivity index (χ2v) is 8.04. The van der Waals surface area contributed by atoms with Gasteiger partial charge in [-0.1, -0.05) is 0 Å². The van der Waals surface area contributed by atoms with E-state index in [9.17, 15) is 9.59 Å². The first-order valence-electron chi connectivity index (χ1n) is 9.94. The molecule has 0 saturated carbocycles. The molecule has 2 N–H and O–H groups in total. The highest BCUT2D eigenvalue weighted by molar-refractivity contribution is 5.78. The van der Waals surface area contributed by atoms with Crippen molar-refractivity contribution in [2.24, 2.45) is 5.41 Å². The summed E-state index contributed by atoms with van der Waals surface area (Å²) in [6.45, 7) is 4.82. The fraction of sp³-hybridized carbons (Fsp3) is 0.632. The van der Waals surface area contributed by atoms with Crippen LogP contribution in [0.15, 0.2) is 12.5 Å². The quantitative estimate of drug-likeness (QED) is 0.793. The summed E-state index contributed by atoms with van der Waals surface area (Å²) in [6.07, 6.45) is 7.93. The number of hydrogen-bond donors (Lipinski definition) is 2. The molecule has 150 valence electrons.